The fraction of sp³-hybridized carbons (Fsp3) is 0. The van der Waals surface area contributed by atoms with Crippen molar-refractivity contribution >= 4 is 50.2 Å². The Morgan fingerprint density at radius 1 is 0.400 bits per heavy atom. The highest BCUT2D eigenvalue weighted by atomic mass is 35.5. The summed E-state index contributed by atoms with van der Waals surface area (Å²) in [7, 11) is 0. The highest BCUT2D eigenvalue weighted by molar-refractivity contribution is 6.32. The molecule has 8 rings (SSSR count). The Labute approximate surface area is 238 Å². The van der Waals surface area contributed by atoms with Crippen molar-refractivity contribution in [2.75, 3.05) is 4.90 Å². The van der Waals surface area contributed by atoms with Crippen LogP contribution in [0.15, 0.2) is 146 Å². The molecule has 0 aliphatic heterocycles. The molecule has 0 fully saturated rings. The molecule has 1 nitrogen and oxygen atoms in total. The van der Waals surface area contributed by atoms with Gasteiger partial charge in [-0.3, -0.25) is 0 Å². The van der Waals surface area contributed by atoms with Gasteiger partial charge >= 0.3 is 0 Å². The van der Waals surface area contributed by atoms with Crippen LogP contribution in [-0.4, -0.2) is 0 Å². The number of anilines is 3. The van der Waals surface area contributed by atoms with Gasteiger partial charge in [0.05, 0.1) is 0 Å². The molecule has 0 saturated carbocycles. The number of halogens is 1. The van der Waals surface area contributed by atoms with E-state index in [-0.39, 0.29) is 0 Å². The molecule has 2 heteroatoms. The van der Waals surface area contributed by atoms with Crippen molar-refractivity contribution in [2.45, 2.75) is 0 Å². The molecule has 7 aromatic rings. The van der Waals surface area contributed by atoms with Crippen LogP contribution in [0.5, 0.6) is 0 Å². The second kappa shape index (κ2) is 9.12. The van der Waals surface area contributed by atoms with Gasteiger partial charge in [-0.2, -0.15) is 0 Å². The molecule has 1 aliphatic carbocycles. The summed E-state index contributed by atoms with van der Waals surface area (Å²) in [4.78, 5) is 2.34. The molecule has 1 aliphatic rings. The van der Waals surface area contributed by atoms with E-state index in [1.54, 1.807) is 0 Å². The van der Waals surface area contributed by atoms with Gasteiger partial charge in [0.1, 0.15) is 0 Å². The third-order valence-electron chi connectivity index (χ3n) is 8.02. The maximum Gasteiger partial charge on any atom is 0.0468 e. The topological polar surface area (TPSA) is 3.24 Å². The van der Waals surface area contributed by atoms with Crippen molar-refractivity contribution in [1.29, 1.82) is 0 Å². The summed E-state index contributed by atoms with van der Waals surface area (Å²) >= 11 is 6.52. The highest BCUT2D eigenvalue weighted by Crippen LogP contribution is 2.49. The third kappa shape index (κ3) is 3.63. The minimum Gasteiger partial charge on any atom is -0.310 e. The Morgan fingerprint density at radius 2 is 1.05 bits per heavy atom. The first-order valence-corrected chi connectivity index (χ1v) is 13.9. The Balaban J connectivity index is 1.26. The molecule has 0 heterocycles. The Morgan fingerprint density at radius 3 is 1.85 bits per heavy atom. The predicted molar refractivity (Wildman–Crippen MR) is 171 cm³/mol. The van der Waals surface area contributed by atoms with Crippen LogP contribution < -0.4 is 4.90 Å². The lowest BCUT2D eigenvalue weighted by atomic mass is 9.98. The van der Waals surface area contributed by atoms with Crippen molar-refractivity contribution in [2.24, 2.45) is 0 Å². The van der Waals surface area contributed by atoms with Crippen molar-refractivity contribution in [3.05, 3.63) is 151 Å². The normalized spacial score (nSPS) is 11.6. The summed E-state index contributed by atoms with van der Waals surface area (Å²) in [6.45, 7) is 0. The first kappa shape index (κ1) is 23.1. The van der Waals surface area contributed by atoms with Gasteiger partial charge in [-0.15, -0.1) is 0 Å². The van der Waals surface area contributed by atoms with Crippen LogP contribution in [0.2, 0.25) is 5.02 Å². The zero-order valence-corrected chi connectivity index (χ0v) is 22.4. The Hall–Kier alpha value is -4.85. The van der Waals surface area contributed by atoms with E-state index >= 15 is 0 Å². The van der Waals surface area contributed by atoms with E-state index in [0.717, 1.165) is 38.6 Å². The van der Waals surface area contributed by atoms with E-state index in [1.807, 2.05) is 6.07 Å². The van der Waals surface area contributed by atoms with Crippen molar-refractivity contribution in [1.82, 2.24) is 0 Å². The van der Waals surface area contributed by atoms with Crippen molar-refractivity contribution in [3.63, 3.8) is 0 Å². The molecule has 0 amide bonds. The molecule has 7 aromatic carbocycles. The van der Waals surface area contributed by atoms with Crippen LogP contribution in [0.25, 0.3) is 54.9 Å². The number of benzene rings is 7. The lowest BCUT2D eigenvalue weighted by Gasteiger charge is -2.26. The summed E-state index contributed by atoms with van der Waals surface area (Å²) in [5.41, 5.74) is 10.9. The first-order valence-electron chi connectivity index (χ1n) is 13.5. The van der Waals surface area contributed by atoms with Crippen LogP contribution in [-0.2, 0) is 0 Å². The summed E-state index contributed by atoms with van der Waals surface area (Å²) in [6.07, 6.45) is 0. The van der Waals surface area contributed by atoms with E-state index in [4.69, 9.17) is 11.6 Å². The average Bonchev–Trinajstić information content (AvgIpc) is 3.33. The second-order valence-electron chi connectivity index (χ2n) is 10.3. The smallest absolute Gasteiger partial charge is 0.0468 e. The quantitative estimate of drug-likeness (QED) is 0.219. The van der Waals surface area contributed by atoms with Crippen LogP contribution in [0, 0.1) is 0 Å². The molecule has 0 radical (unpaired) electrons. The molecule has 40 heavy (non-hydrogen) atoms. The number of rotatable bonds is 4. The monoisotopic (exact) mass is 529 g/mol. The fourth-order valence-corrected chi connectivity index (χ4v) is 6.47. The van der Waals surface area contributed by atoms with Crippen molar-refractivity contribution < 1.29 is 0 Å². The van der Waals surface area contributed by atoms with E-state index in [9.17, 15) is 0 Å². The van der Waals surface area contributed by atoms with Crippen LogP contribution in [0.3, 0.4) is 0 Å². The van der Waals surface area contributed by atoms with Gasteiger partial charge in [-0.25, -0.2) is 0 Å². The van der Waals surface area contributed by atoms with E-state index < -0.39 is 0 Å². The predicted octanol–water partition coefficient (Wildman–Crippen LogP) is 11.4. The fourth-order valence-electron chi connectivity index (χ4n) is 6.25. The molecule has 0 N–H and O–H groups in total. The van der Waals surface area contributed by atoms with Gasteiger partial charge in [0, 0.05) is 22.1 Å². The molecular formula is C38H24ClN. The lowest BCUT2D eigenvalue weighted by molar-refractivity contribution is 1.28. The van der Waals surface area contributed by atoms with Gasteiger partial charge in [0.25, 0.3) is 0 Å². The number of hydrogen-bond acceptors (Lipinski definition) is 1. The Kier molecular flexibility index (Phi) is 5.26. The van der Waals surface area contributed by atoms with E-state index in [1.165, 1.54) is 38.4 Å². The lowest BCUT2D eigenvalue weighted by Crippen LogP contribution is -2.09. The van der Waals surface area contributed by atoms with Gasteiger partial charge < -0.3 is 4.90 Å². The molecule has 0 aromatic heterocycles. The molecule has 0 unspecified atom stereocenters. The maximum atomic E-state index is 6.52. The molecule has 0 atom stereocenters. The summed E-state index contributed by atoms with van der Waals surface area (Å²) in [5, 5.41) is 5.73. The summed E-state index contributed by atoms with van der Waals surface area (Å²) < 4.78 is 0. The van der Waals surface area contributed by atoms with Crippen LogP contribution in [0.1, 0.15) is 0 Å². The van der Waals surface area contributed by atoms with Crippen LogP contribution >= 0.6 is 11.6 Å². The average molecular weight is 530 g/mol. The Bertz CT molecular complexity index is 2050. The maximum absolute atomic E-state index is 6.52. The SMILES string of the molecule is Clc1cc(-c2ccc(N(c3ccccc3)c3ccc4c(c3)-c3cccc5cccc-4c35)cc2)c2ccccc2c1. The molecular weight excluding hydrogens is 506 g/mol. The minimum absolute atomic E-state index is 0.748. The van der Waals surface area contributed by atoms with E-state index in [2.05, 4.69) is 144 Å². The van der Waals surface area contributed by atoms with Gasteiger partial charge in [0.15, 0.2) is 0 Å². The zero-order chi connectivity index (χ0) is 26.6. The second-order valence-corrected chi connectivity index (χ2v) is 10.8. The number of nitrogens with zero attached hydrogens (tertiary/aromatic N) is 1. The number of hydrogen-bond donors (Lipinski definition) is 0. The number of fused-ring (bicyclic) bond motifs is 4. The van der Waals surface area contributed by atoms with Crippen molar-refractivity contribution in [3.8, 4) is 33.4 Å². The first-order chi connectivity index (χ1) is 19.7. The van der Waals surface area contributed by atoms with Gasteiger partial charge in [-0.05, 0) is 103 Å². The van der Waals surface area contributed by atoms with E-state index in [0.29, 0.717) is 0 Å². The minimum atomic E-state index is 0.748. The number of para-hydroxylation sites is 1. The molecule has 0 saturated heterocycles. The summed E-state index contributed by atoms with van der Waals surface area (Å²) in [6, 6.07) is 52.0. The zero-order valence-electron chi connectivity index (χ0n) is 21.7. The van der Waals surface area contributed by atoms with Gasteiger partial charge in [0.2, 0.25) is 0 Å². The molecule has 0 spiro atoms. The highest BCUT2D eigenvalue weighted by Gasteiger charge is 2.23. The van der Waals surface area contributed by atoms with Gasteiger partial charge in [-0.1, -0.05) is 109 Å². The molecule has 0 bridgehead atoms. The van der Waals surface area contributed by atoms with Crippen LogP contribution in [0.4, 0.5) is 17.1 Å². The standard InChI is InChI=1S/C38H24ClN/c39-28-22-27-8-4-5-13-32(27)36(23-28)25-16-18-30(19-17-25)40(29-11-2-1-3-12-29)31-20-21-33-34-14-6-9-26-10-7-15-35(38(26)34)37(33)24-31/h1-24H. The molecule has 188 valence electrons. The largest absolute Gasteiger partial charge is 0.310 e. The summed E-state index contributed by atoms with van der Waals surface area (Å²) in [5.74, 6) is 0. The third-order valence-corrected chi connectivity index (χ3v) is 8.24.